The third-order valence-electron chi connectivity index (χ3n) is 7.78. The number of benzene rings is 1. The van der Waals surface area contributed by atoms with E-state index >= 15 is 0 Å². The van der Waals surface area contributed by atoms with Crippen molar-refractivity contribution < 1.29 is 28.5 Å². The maximum absolute atomic E-state index is 14.9. The molecule has 12 heteroatoms. The Morgan fingerprint density at radius 1 is 1.21 bits per heavy atom. The van der Waals surface area contributed by atoms with E-state index in [1.165, 1.54) is 12.3 Å². The molecule has 5 heterocycles. The van der Waals surface area contributed by atoms with Gasteiger partial charge in [0, 0.05) is 43.7 Å². The second-order valence-corrected chi connectivity index (χ2v) is 11.2. The summed E-state index contributed by atoms with van der Waals surface area (Å²) >= 11 is 5.88. The zero-order valence-corrected chi connectivity index (χ0v) is 23.8. The van der Waals surface area contributed by atoms with E-state index in [2.05, 4.69) is 26.8 Å². The summed E-state index contributed by atoms with van der Waals surface area (Å²) < 4.78 is 34.5. The van der Waals surface area contributed by atoms with Crippen molar-refractivity contribution in [2.24, 2.45) is 0 Å². The number of hydrogen-bond donors (Lipinski definition) is 1. The molecule has 10 nitrogen and oxygen atoms in total. The number of hydrogen-bond acceptors (Lipinski definition) is 8. The molecule has 0 bridgehead atoms. The van der Waals surface area contributed by atoms with E-state index in [-0.39, 0.29) is 35.9 Å². The standard InChI is InChI=1S/C30H31ClFN5O5/c1-18-10-23(42-22-4-7-33-21(13-22)17-41-28-3-2-20(31)14-34-28)5-8-36(18)16-27-35-29-25(32)11-19(30(38)39)12-26(29)37(27)15-24-6-9-40-24/h2-4,7,11-14,18,23-24H,5-6,8-10,15-17H2,1H3,(H,38,39)/t18-,23-,24-/m0/s1. The average Bonchev–Trinajstić information content (AvgIpc) is 3.29. The lowest BCUT2D eigenvalue weighted by Gasteiger charge is -2.37. The Morgan fingerprint density at radius 2 is 2.07 bits per heavy atom. The Labute approximate surface area is 247 Å². The Hall–Kier alpha value is -3.80. The summed E-state index contributed by atoms with van der Waals surface area (Å²) in [4.78, 5) is 27.0. The molecule has 2 aliphatic heterocycles. The molecule has 0 radical (unpaired) electrons. The van der Waals surface area contributed by atoms with Gasteiger partial charge in [0.1, 0.15) is 29.8 Å². The van der Waals surface area contributed by atoms with Gasteiger partial charge in [0.15, 0.2) is 5.82 Å². The molecule has 0 spiro atoms. The molecular weight excluding hydrogens is 565 g/mol. The molecule has 220 valence electrons. The Morgan fingerprint density at radius 3 is 2.79 bits per heavy atom. The highest BCUT2D eigenvalue weighted by molar-refractivity contribution is 6.30. The number of aromatic carboxylic acids is 1. The first-order chi connectivity index (χ1) is 20.3. The lowest BCUT2D eigenvalue weighted by Crippen LogP contribution is -2.44. The van der Waals surface area contributed by atoms with Crippen LogP contribution in [0.25, 0.3) is 11.0 Å². The number of aromatic nitrogens is 4. The van der Waals surface area contributed by atoms with Crippen molar-refractivity contribution >= 4 is 28.6 Å². The molecule has 2 saturated heterocycles. The number of fused-ring (bicyclic) bond motifs is 1. The van der Waals surface area contributed by atoms with Crippen molar-refractivity contribution in [2.75, 3.05) is 13.2 Å². The van der Waals surface area contributed by atoms with Gasteiger partial charge in [0.25, 0.3) is 0 Å². The van der Waals surface area contributed by atoms with Gasteiger partial charge in [-0.2, -0.15) is 0 Å². The van der Waals surface area contributed by atoms with Gasteiger partial charge in [-0.15, -0.1) is 0 Å². The molecule has 2 fully saturated rings. The van der Waals surface area contributed by atoms with Crippen LogP contribution in [-0.4, -0.2) is 66.9 Å². The minimum atomic E-state index is -1.17. The highest BCUT2D eigenvalue weighted by Crippen LogP contribution is 2.28. The predicted molar refractivity (Wildman–Crippen MR) is 152 cm³/mol. The summed E-state index contributed by atoms with van der Waals surface area (Å²) in [6, 6.07) is 9.84. The van der Waals surface area contributed by atoms with Crippen LogP contribution in [0.3, 0.4) is 0 Å². The maximum Gasteiger partial charge on any atom is 0.335 e. The Kier molecular flexibility index (Phi) is 8.23. The van der Waals surface area contributed by atoms with Crippen LogP contribution in [0.5, 0.6) is 11.6 Å². The van der Waals surface area contributed by atoms with Crippen LogP contribution in [0.1, 0.15) is 48.1 Å². The number of rotatable bonds is 10. The van der Waals surface area contributed by atoms with Crippen molar-refractivity contribution in [1.82, 2.24) is 24.4 Å². The van der Waals surface area contributed by atoms with Gasteiger partial charge in [-0.3, -0.25) is 9.88 Å². The number of carboxylic acid groups (broad SMARTS) is 1. The summed E-state index contributed by atoms with van der Waals surface area (Å²) in [7, 11) is 0. The monoisotopic (exact) mass is 595 g/mol. The van der Waals surface area contributed by atoms with E-state index in [4.69, 9.17) is 25.8 Å². The second-order valence-electron chi connectivity index (χ2n) is 10.7. The zero-order chi connectivity index (χ0) is 29.2. The maximum atomic E-state index is 14.9. The van der Waals surface area contributed by atoms with E-state index in [0.29, 0.717) is 41.9 Å². The lowest BCUT2D eigenvalue weighted by atomic mass is 10.0. The predicted octanol–water partition coefficient (Wildman–Crippen LogP) is 5.12. The third-order valence-corrected chi connectivity index (χ3v) is 8.01. The van der Waals surface area contributed by atoms with Crippen LogP contribution >= 0.6 is 11.6 Å². The quantitative estimate of drug-likeness (QED) is 0.267. The zero-order valence-electron chi connectivity index (χ0n) is 23.1. The molecule has 1 aromatic carbocycles. The Balaban J connectivity index is 1.11. The van der Waals surface area contributed by atoms with E-state index < -0.39 is 11.8 Å². The molecule has 6 rings (SSSR count). The number of nitrogens with zero attached hydrogens (tertiary/aromatic N) is 5. The van der Waals surface area contributed by atoms with Crippen molar-refractivity contribution in [3.8, 4) is 11.6 Å². The summed E-state index contributed by atoms with van der Waals surface area (Å²) in [5, 5.41) is 10.0. The molecule has 3 aromatic heterocycles. The number of likely N-dealkylation sites (tertiary alicyclic amines) is 1. The highest BCUT2D eigenvalue weighted by Gasteiger charge is 2.30. The summed E-state index contributed by atoms with van der Waals surface area (Å²) in [5.41, 5.74) is 1.29. The van der Waals surface area contributed by atoms with Crippen LogP contribution in [-0.2, 0) is 24.4 Å². The Bertz CT molecular complexity index is 1580. The molecule has 1 N–H and O–H groups in total. The number of pyridine rings is 2. The van der Waals surface area contributed by atoms with Crippen LogP contribution in [0.4, 0.5) is 4.39 Å². The highest BCUT2D eigenvalue weighted by atomic mass is 35.5. The normalized spacial score (nSPS) is 20.8. The minimum Gasteiger partial charge on any atom is -0.490 e. The molecule has 3 atom stereocenters. The van der Waals surface area contributed by atoms with Gasteiger partial charge in [-0.25, -0.2) is 19.2 Å². The van der Waals surface area contributed by atoms with E-state index in [0.717, 1.165) is 43.3 Å². The van der Waals surface area contributed by atoms with Crippen molar-refractivity contribution in [2.45, 2.75) is 64.1 Å². The van der Waals surface area contributed by atoms with Gasteiger partial charge >= 0.3 is 5.97 Å². The van der Waals surface area contributed by atoms with Crippen LogP contribution in [0.2, 0.25) is 5.02 Å². The number of carbonyl (C=O) groups is 1. The van der Waals surface area contributed by atoms with E-state index in [9.17, 15) is 14.3 Å². The van der Waals surface area contributed by atoms with Crippen molar-refractivity contribution in [3.63, 3.8) is 0 Å². The first-order valence-electron chi connectivity index (χ1n) is 14.0. The fourth-order valence-corrected chi connectivity index (χ4v) is 5.52. The number of imidazole rings is 1. The molecule has 0 saturated carbocycles. The third kappa shape index (κ3) is 6.33. The summed E-state index contributed by atoms with van der Waals surface area (Å²) in [5.74, 6) is 0.0826. The fraction of sp³-hybridized carbons (Fsp3) is 0.400. The topological polar surface area (TPSA) is 112 Å². The average molecular weight is 596 g/mol. The van der Waals surface area contributed by atoms with Gasteiger partial charge in [-0.05, 0) is 50.5 Å². The molecule has 0 aliphatic carbocycles. The van der Waals surface area contributed by atoms with Crippen molar-refractivity contribution in [1.29, 1.82) is 0 Å². The lowest BCUT2D eigenvalue weighted by molar-refractivity contribution is -0.0593. The molecule has 0 amide bonds. The largest absolute Gasteiger partial charge is 0.490 e. The minimum absolute atomic E-state index is 0.00682. The molecular formula is C30H31ClFN5O5. The first kappa shape index (κ1) is 28.3. The van der Waals surface area contributed by atoms with Crippen LogP contribution in [0, 0.1) is 5.82 Å². The molecule has 0 unspecified atom stereocenters. The first-order valence-corrected chi connectivity index (χ1v) is 14.3. The molecule has 4 aromatic rings. The van der Waals surface area contributed by atoms with Gasteiger partial charge < -0.3 is 23.9 Å². The van der Waals surface area contributed by atoms with Crippen LogP contribution in [0.15, 0.2) is 48.8 Å². The number of piperidine rings is 1. The van der Waals surface area contributed by atoms with Gasteiger partial charge in [0.2, 0.25) is 5.88 Å². The fourth-order valence-electron chi connectivity index (χ4n) is 5.41. The van der Waals surface area contributed by atoms with Crippen LogP contribution < -0.4 is 9.47 Å². The van der Waals surface area contributed by atoms with E-state index in [1.807, 2.05) is 16.7 Å². The smallest absolute Gasteiger partial charge is 0.335 e. The SMILES string of the molecule is C[C@H]1C[C@@H](Oc2ccnc(COc3ccc(Cl)cn3)c2)CCN1Cc1nc2c(F)cc(C(=O)O)cc2n1C[C@@H]1CCO1. The van der Waals surface area contributed by atoms with E-state index in [1.54, 1.807) is 18.3 Å². The molecule has 42 heavy (non-hydrogen) atoms. The summed E-state index contributed by atoms with van der Waals surface area (Å²) in [6.45, 7) is 4.86. The molecule has 2 aliphatic rings. The van der Waals surface area contributed by atoms with Gasteiger partial charge in [-0.1, -0.05) is 11.6 Å². The summed E-state index contributed by atoms with van der Waals surface area (Å²) in [6.07, 6.45) is 5.76. The number of halogens is 2. The number of carboxylic acids is 1. The second kappa shape index (κ2) is 12.2. The van der Waals surface area contributed by atoms with Crippen molar-refractivity contribution in [3.05, 3.63) is 76.7 Å². The van der Waals surface area contributed by atoms with Gasteiger partial charge in [0.05, 0.1) is 41.0 Å². The number of ether oxygens (including phenoxy) is 3.